The van der Waals surface area contributed by atoms with Crippen LogP contribution in [0.3, 0.4) is 0 Å². The van der Waals surface area contributed by atoms with Crippen LogP contribution in [0.4, 0.5) is 23.3 Å². The summed E-state index contributed by atoms with van der Waals surface area (Å²) in [6.07, 6.45) is 14.8. The van der Waals surface area contributed by atoms with Gasteiger partial charge >= 0.3 is 0 Å². The number of fused-ring (bicyclic) bond motifs is 1. The SMILES string of the molecule is CCc1cnn2c(NCc3ccc(OCCCN4CCN(CC5CCN(c6ncc(C(=O)NC7C(C)(C)C(Oc8ccc(NC)c(Cl)c8)C7(C)C)cn6)CC5)CC4)nc3)cc(N3CCCCC3)nc12. The van der Waals surface area contributed by atoms with E-state index in [-0.39, 0.29) is 28.9 Å². The molecular weight excluding hydrogens is 890 g/mol. The van der Waals surface area contributed by atoms with E-state index in [4.69, 9.17) is 26.1 Å². The van der Waals surface area contributed by atoms with E-state index < -0.39 is 0 Å². The summed E-state index contributed by atoms with van der Waals surface area (Å²) >= 11 is 6.43. The van der Waals surface area contributed by atoms with Gasteiger partial charge < -0.3 is 45.0 Å². The van der Waals surface area contributed by atoms with Crippen LogP contribution in [0, 0.1) is 16.7 Å². The second-order valence-electron chi connectivity index (χ2n) is 20.6. The summed E-state index contributed by atoms with van der Waals surface area (Å²) in [6, 6.07) is 11.8. The van der Waals surface area contributed by atoms with E-state index in [1.807, 2.05) is 48.2 Å². The van der Waals surface area contributed by atoms with Gasteiger partial charge in [0.1, 0.15) is 23.5 Å². The fourth-order valence-electron chi connectivity index (χ4n) is 11.3. The maximum atomic E-state index is 13.5. The number of ether oxygens (including phenoxy) is 2. The Kier molecular flexibility index (Phi) is 15.0. The second-order valence-corrected chi connectivity index (χ2v) is 21.1. The first kappa shape index (κ1) is 48.6. The van der Waals surface area contributed by atoms with Crippen molar-refractivity contribution in [2.24, 2.45) is 16.7 Å². The number of nitrogens with one attached hydrogen (secondary N) is 3. The number of amides is 1. The zero-order chi connectivity index (χ0) is 48.1. The molecule has 16 nitrogen and oxygen atoms in total. The minimum absolute atomic E-state index is 0.110. The smallest absolute Gasteiger partial charge is 0.254 e. The van der Waals surface area contributed by atoms with Gasteiger partial charge in [-0.25, -0.2) is 19.9 Å². The van der Waals surface area contributed by atoms with Crippen LogP contribution < -0.4 is 35.2 Å². The first-order valence-corrected chi connectivity index (χ1v) is 25.7. The first-order chi connectivity index (χ1) is 33.4. The summed E-state index contributed by atoms with van der Waals surface area (Å²) in [4.78, 5) is 42.3. The van der Waals surface area contributed by atoms with Crippen LogP contribution in [0.5, 0.6) is 11.6 Å². The molecule has 5 aromatic rings. The number of rotatable bonds is 18. The molecule has 4 aromatic heterocycles. The molecule has 7 heterocycles. The van der Waals surface area contributed by atoms with Crippen molar-refractivity contribution in [3.8, 4) is 11.6 Å². The van der Waals surface area contributed by atoms with Crippen LogP contribution in [-0.2, 0) is 13.0 Å². The molecule has 4 aliphatic rings. The molecule has 0 radical (unpaired) electrons. The Labute approximate surface area is 412 Å². The van der Waals surface area contributed by atoms with Crippen LogP contribution in [0.25, 0.3) is 5.65 Å². The van der Waals surface area contributed by atoms with Gasteiger partial charge in [0.2, 0.25) is 11.8 Å². The third-order valence-electron chi connectivity index (χ3n) is 15.1. The topological polar surface area (TPSA) is 153 Å². The van der Waals surface area contributed by atoms with E-state index in [2.05, 4.69) is 102 Å². The normalized spacial score (nSPS) is 20.9. The molecule has 69 heavy (non-hydrogen) atoms. The number of anilines is 4. The van der Waals surface area contributed by atoms with Crippen LogP contribution >= 0.6 is 11.6 Å². The minimum atomic E-state index is -0.316. The zero-order valence-electron chi connectivity index (χ0n) is 41.5. The number of nitrogens with zero attached hydrogens (tertiary/aromatic N) is 10. The summed E-state index contributed by atoms with van der Waals surface area (Å²) in [5.41, 5.74) is 3.85. The van der Waals surface area contributed by atoms with Crippen LogP contribution in [0.2, 0.25) is 5.02 Å². The van der Waals surface area contributed by atoms with E-state index in [9.17, 15) is 4.79 Å². The Hall–Kier alpha value is -5.45. The molecule has 4 fully saturated rings. The fraction of sp³-hybridized carbons (Fsp3) is 0.577. The van der Waals surface area contributed by atoms with Gasteiger partial charge in [-0.05, 0) is 68.6 Å². The number of piperidine rings is 2. The number of hydrogen-bond acceptors (Lipinski definition) is 14. The highest BCUT2D eigenvalue weighted by molar-refractivity contribution is 6.33. The maximum absolute atomic E-state index is 13.5. The van der Waals surface area contributed by atoms with Crippen LogP contribution in [0.15, 0.2) is 61.2 Å². The molecule has 3 saturated heterocycles. The van der Waals surface area contributed by atoms with Crippen molar-refractivity contribution < 1.29 is 14.3 Å². The molecule has 0 unspecified atom stereocenters. The average Bonchev–Trinajstić information content (AvgIpc) is 3.80. The molecule has 1 saturated carbocycles. The van der Waals surface area contributed by atoms with E-state index in [0.717, 1.165) is 125 Å². The molecule has 1 aromatic carbocycles. The molecule has 3 N–H and O–H groups in total. The fourth-order valence-corrected chi connectivity index (χ4v) is 11.6. The van der Waals surface area contributed by atoms with Gasteiger partial charge in [-0.2, -0.15) is 9.61 Å². The lowest BCUT2D eigenvalue weighted by molar-refractivity contribution is -0.164. The molecule has 0 spiro atoms. The van der Waals surface area contributed by atoms with E-state index in [0.29, 0.717) is 47.2 Å². The number of aromatic nitrogens is 6. The number of pyridine rings is 1. The van der Waals surface area contributed by atoms with E-state index in [1.165, 1.54) is 19.3 Å². The molecule has 1 aliphatic carbocycles. The highest BCUT2D eigenvalue weighted by atomic mass is 35.5. The summed E-state index contributed by atoms with van der Waals surface area (Å²) < 4.78 is 14.5. The van der Waals surface area contributed by atoms with Gasteiger partial charge in [0.05, 0.1) is 29.1 Å². The number of carbonyl (C=O) groups is 1. The summed E-state index contributed by atoms with van der Waals surface area (Å²) in [5.74, 6) is 4.52. The molecule has 3 aliphatic heterocycles. The number of piperazine rings is 1. The number of aryl methyl sites for hydroxylation is 1. The van der Waals surface area contributed by atoms with Gasteiger partial charge in [-0.1, -0.05) is 52.3 Å². The molecule has 0 atom stereocenters. The lowest BCUT2D eigenvalue weighted by atomic mass is 9.49. The first-order valence-electron chi connectivity index (χ1n) is 25.3. The standard InChI is InChI=1S/C52H72ClN13O3/c1-7-38-34-59-66-43(29-44(60-46(38)66)64-19-9-8-10-20-64)55-30-37-12-15-45(56-31-37)68-27-11-18-62-23-25-63(26-24-62)35-36-16-21-65(22-17-36)50-57-32-39(33-58-50)47(67)61-48-51(2,3)49(52(48,4)5)69-40-13-14-42(54-6)41(53)28-40/h12-15,28-29,31-34,36,48-49,54-55H,7-11,16-27,30,35H2,1-6H3,(H,61,67). The van der Waals surface area contributed by atoms with Gasteiger partial charge in [0.25, 0.3) is 5.91 Å². The number of hydrogen-bond donors (Lipinski definition) is 3. The Balaban J connectivity index is 0.653. The van der Waals surface area contributed by atoms with Crippen molar-refractivity contribution in [2.75, 3.05) is 99.5 Å². The van der Waals surface area contributed by atoms with Crippen LogP contribution in [0.1, 0.15) is 94.6 Å². The maximum Gasteiger partial charge on any atom is 0.254 e. The Morgan fingerprint density at radius 1 is 0.841 bits per heavy atom. The zero-order valence-corrected chi connectivity index (χ0v) is 42.3. The molecule has 9 rings (SSSR count). The molecule has 0 bridgehead atoms. The third kappa shape index (κ3) is 11.0. The van der Waals surface area contributed by atoms with Gasteiger partial charge in [-0.3, -0.25) is 4.79 Å². The van der Waals surface area contributed by atoms with Crippen molar-refractivity contribution in [3.05, 3.63) is 82.9 Å². The van der Waals surface area contributed by atoms with E-state index >= 15 is 0 Å². The van der Waals surface area contributed by atoms with Crippen molar-refractivity contribution in [1.29, 1.82) is 0 Å². The Morgan fingerprint density at radius 3 is 2.26 bits per heavy atom. The number of halogens is 1. The summed E-state index contributed by atoms with van der Waals surface area (Å²) in [6.45, 7) is 22.4. The summed E-state index contributed by atoms with van der Waals surface area (Å²) in [7, 11) is 1.84. The van der Waals surface area contributed by atoms with Crippen molar-refractivity contribution >= 4 is 46.4 Å². The largest absolute Gasteiger partial charge is 0.489 e. The molecule has 370 valence electrons. The molecular formula is C52H72ClN13O3. The lowest BCUT2D eigenvalue weighted by Crippen LogP contribution is -2.74. The second kappa shape index (κ2) is 21.3. The van der Waals surface area contributed by atoms with Gasteiger partial charge in [0.15, 0.2) is 5.65 Å². The minimum Gasteiger partial charge on any atom is -0.489 e. The number of carbonyl (C=O) groups excluding carboxylic acids is 1. The predicted molar refractivity (Wildman–Crippen MR) is 274 cm³/mol. The lowest BCUT2D eigenvalue weighted by Gasteiger charge is -2.63. The Morgan fingerprint density at radius 2 is 1.58 bits per heavy atom. The van der Waals surface area contributed by atoms with Crippen LogP contribution in [-0.4, -0.2) is 137 Å². The van der Waals surface area contributed by atoms with Gasteiger partial charge in [0, 0.05) is 138 Å². The van der Waals surface area contributed by atoms with Crippen molar-refractivity contribution in [2.45, 2.75) is 98.3 Å². The third-order valence-corrected chi connectivity index (χ3v) is 15.4. The Bertz CT molecular complexity index is 2480. The average molecular weight is 963 g/mol. The highest BCUT2D eigenvalue weighted by Crippen LogP contribution is 2.55. The molecule has 1 amide bonds. The monoisotopic (exact) mass is 962 g/mol. The predicted octanol–water partition coefficient (Wildman–Crippen LogP) is 7.69. The number of benzene rings is 1. The molecule has 17 heteroatoms. The van der Waals surface area contributed by atoms with Gasteiger partial charge in [-0.15, -0.1) is 0 Å². The van der Waals surface area contributed by atoms with E-state index in [1.54, 1.807) is 12.4 Å². The van der Waals surface area contributed by atoms with Crippen molar-refractivity contribution in [1.82, 2.24) is 44.7 Å². The van der Waals surface area contributed by atoms with Crippen molar-refractivity contribution in [3.63, 3.8) is 0 Å². The quantitative estimate of drug-likeness (QED) is 0.0736. The highest BCUT2D eigenvalue weighted by Gasteiger charge is 2.64. The summed E-state index contributed by atoms with van der Waals surface area (Å²) in [5, 5.41) is 15.2.